The fraction of sp³-hybridized carbons (Fsp3) is 0.100. The van der Waals surface area contributed by atoms with Crippen LogP contribution in [-0.4, -0.2) is 10.9 Å². The molecule has 1 rings (SSSR count). The zero-order valence-electron chi connectivity index (χ0n) is 7.32. The number of benzene rings is 1. The van der Waals surface area contributed by atoms with Crippen molar-refractivity contribution in [3.05, 3.63) is 42.0 Å². The second-order valence-electron chi connectivity index (χ2n) is 2.51. The number of carbonyl (C=O) groups excluding carboxylic acids is 1. The van der Waals surface area contributed by atoms with Crippen molar-refractivity contribution in [1.29, 1.82) is 0 Å². The Morgan fingerprint density at radius 2 is 1.85 bits per heavy atom. The second-order valence-corrected chi connectivity index (χ2v) is 2.51. The SMILES string of the molecule is CC(=O)/C=C(/O)c1ccccc1.[Zr]. The van der Waals surface area contributed by atoms with Crippen LogP contribution in [0.25, 0.3) is 5.76 Å². The van der Waals surface area contributed by atoms with Gasteiger partial charge in [0.2, 0.25) is 0 Å². The number of allylic oxidation sites excluding steroid dienone is 1. The Kier molecular flexibility index (Phi) is 5.56. The summed E-state index contributed by atoms with van der Waals surface area (Å²) in [4.78, 5) is 10.6. The molecule has 2 nitrogen and oxygen atoms in total. The normalized spacial score (nSPS) is 10.4. The third-order valence-electron chi connectivity index (χ3n) is 1.41. The molecule has 0 bridgehead atoms. The van der Waals surface area contributed by atoms with E-state index in [2.05, 4.69) is 0 Å². The number of carbonyl (C=O) groups is 1. The zero-order valence-corrected chi connectivity index (χ0v) is 9.78. The van der Waals surface area contributed by atoms with Gasteiger partial charge in [0.05, 0.1) is 0 Å². The number of rotatable bonds is 2. The summed E-state index contributed by atoms with van der Waals surface area (Å²) in [7, 11) is 0. The van der Waals surface area contributed by atoms with Crippen molar-refractivity contribution in [2.45, 2.75) is 6.92 Å². The third-order valence-corrected chi connectivity index (χ3v) is 1.41. The predicted molar refractivity (Wildman–Crippen MR) is 47.7 cm³/mol. The smallest absolute Gasteiger partial charge is 0.156 e. The van der Waals surface area contributed by atoms with Crippen LogP contribution in [0.4, 0.5) is 0 Å². The van der Waals surface area contributed by atoms with Crippen LogP contribution in [0.1, 0.15) is 12.5 Å². The molecular weight excluding hydrogens is 243 g/mol. The van der Waals surface area contributed by atoms with Crippen molar-refractivity contribution in [2.75, 3.05) is 0 Å². The van der Waals surface area contributed by atoms with E-state index in [0.29, 0.717) is 5.56 Å². The molecule has 1 aromatic carbocycles. The molecule has 3 heteroatoms. The van der Waals surface area contributed by atoms with Crippen molar-refractivity contribution in [3.8, 4) is 0 Å². The summed E-state index contributed by atoms with van der Waals surface area (Å²) in [5.41, 5.74) is 0.660. The van der Waals surface area contributed by atoms with E-state index in [4.69, 9.17) is 0 Å². The number of ketones is 1. The second kappa shape index (κ2) is 5.87. The molecule has 0 saturated carbocycles. The summed E-state index contributed by atoms with van der Waals surface area (Å²) >= 11 is 0. The molecule has 0 aromatic heterocycles. The first-order valence-corrected chi connectivity index (χ1v) is 3.67. The van der Waals surface area contributed by atoms with Crippen LogP contribution in [0.15, 0.2) is 36.4 Å². The Morgan fingerprint density at radius 1 is 1.31 bits per heavy atom. The van der Waals surface area contributed by atoms with Gasteiger partial charge in [-0.25, -0.2) is 0 Å². The molecule has 0 aliphatic heterocycles. The summed E-state index contributed by atoms with van der Waals surface area (Å²) in [6.07, 6.45) is 1.20. The largest absolute Gasteiger partial charge is 0.507 e. The first-order chi connectivity index (χ1) is 5.70. The van der Waals surface area contributed by atoms with Crippen LogP contribution in [0.3, 0.4) is 0 Å². The molecule has 0 amide bonds. The average Bonchev–Trinajstić information content (AvgIpc) is 2.05. The number of aliphatic hydroxyl groups is 1. The van der Waals surface area contributed by atoms with Crippen molar-refractivity contribution >= 4 is 11.5 Å². The maximum Gasteiger partial charge on any atom is 0.156 e. The summed E-state index contributed by atoms with van der Waals surface area (Å²) in [6.45, 7) is 1.40. The van der Waals surface area contributed by atoms with Gasteiger partial charge in [-0.15, -0.1) is 0 Å². The Labute approximate surface area is 96.4 Å². The first kappa shape index (κ1) is 12.3. The van der Waals surface area contributed by atoms with Crippen molar-refractivity contribution < 1.29 is 36.1 Å². The van der Waals surface area contributed by atoms with Gasteiger partial charge in [-0.3, -0.25) is 4.79 Å². The first-order valence-electron chi connectivity index (χ1n) is 3.67. The molecule has 0 unspecified atom stereocenters. The topological polar surface area (TPSA) is 37.3 Å². The minimum atomic E-state index is -0.156. The maximum absolute atomic E-state index is 10.6. The molecule has 66 valence electrons. The Bertz CT molecular complexity index is 304. The van der Waals surface area contributed by atoms with Crippen molar-refractivity contribution in [2.24, 2.45) is 0 Å². The molecule has 0 saturated heterocycles. The van der Waals surface area contributed by atoms with E-state index >= 15 is 0 Å². The van der Waals surface area contributed by atoms with Gasteiger partial charge in [0.25, 0.3) is 0 Å². The quantitative estimate of drug-likeness (QED) is 0.648. The van der Waals surface area contributed by atoms with Gasteiger partial charge in [0.15, 0.2) is 5.78 Å². The molecule has 0 atom stereocenters. The van der Waals surface area contributed by atoms with Crippen LogP contribution in [-0.2, 0) is 31.0 Å². The average molecular weight is 253 g/mol. The van der Waals surface area contributed by atoms with Gasteiger partial charge < -0.3 is 5.11 Å². The molecule has 0 aliphatic carbocycles. The fourth-order valence-electron chi connectivity index (χ4n) is 0.885. The third kappa shape index (κ3) is 4.18. The van der Waals surface area contributed by atoms with Gasteiger partial charge in [0.1, 0.15) is 5.76 Å². The summed E-state index contributed by atoms with van der Waals surface area (Å²) in [5.74, 6) is -0.139. The molecular formula is C10H10O2Zr. The molecule has 0 spiro atoms. The van der Waals surface area contributed by atoms with E-state index in [1.54, 1.807) is 24.3 Å². The van der Waals surface area contributed by atoms with E-state index in [9.17, 15) is 9.90 Å². The Morgan fingerprint density at radius 3 is 2.31 bits per heavy atom. The van der Waals surface area contributed by atoms with Gasteiger partial charge in [-0.1, -0.05) is 30.3 Å². The van der Waals surface area contributed by atoms with Crippen molar-refractivity contribution in [1.82, 2.24) is 0 Å². The summed E-state index contributed by atoms with van der Waals surface area (Å²) in [6, 6.07) is 8.95. The van der Waals surface area contributed by atoms with Gasteiger partial charge in [-0.2, -0.15) is 0 Å². The molecule has 0 heterocycles. The Hall–Kier alpha value is -0.687. The number of hydrogen-bond acceptors (Lipinski definition) is 2. The van der Waals surface area contributed by atoms with Crippen LogP contribution < -0.4 is 0 Å². The maximum atomic E-state index is 10.6. The Balaban J connectivity index is 0.00000144. The van der Waals surface area contributed by atoms with Crippen LogP contribution in [0.5, 0.6) is 0 Å². The molecule has 1 N–H and O–H groups in total. The van der Waals surface area contributed by atoms with Gasteiger partial charge in [-0.05, 0) is 6.92 Å². The minimum absolute atomic E-state index is 0. The minimum Gasteiger partial charge on any atom is -0.507 e. The van der Waals surface area contributed by atoms with Crippen LogP contribution >= 0.6 is 0 Å². The van der Waals surface area contributed by atoms with E-state index in [-0.39, 0.29) is 37.7 Å². The predicted octanol–water partition coefficient (Wildman–Crippen LogP) is 2.17. The van der Waals surface area contributed by atoms with Crippen molar-refractivity contribution in [3.63, 3.8) is 0 Å². The molecule has 0 fully saturated rings. The molecule has 1 aromatic rings. The van der Waals surface area contributed by atoms with Crippen LogP contribution in [0, 0.1) is 0 Å². The van der Waals surface area contributed by atoms with Gasteiger partial charge in [0, 0.05) is 37.8 Å². The number of aliphatic hydroxyl groups excluding tert-OH is 1. The standard InChI is InChI=1S/C10H10O2.Zr/c1-8(11)7-10(12)9-5-3-2-4-6-9;/h2-7,12H,1H3;/b10-7+;. The van der Waals surface area contributed by atoms with E-state index in [1.807, 2.05) is 6.07 Å². The summed E-state index contributed by atoms with van der Waals surface area (Å²) < 4.78 is 0. The van der Waals surface area contributed by atoms with E-state index in [0.717, 1.165) is 0 Å². The molecule has 0 radical (unpaired) electrons. The van der Waals surface area contributed by atoms with Crippen LogP contribution in [0.2, 0.25) is 0 Å². The van der Waals surface area contributed by atoms with E-state index < -0.39 is 0 Å². The van der Waals surface area contributed by atoms with E-state index in [1.165, 1.54) is 13.0 Å². The fourth-order valence-corrected chi connectivity index (χ4v) is 0.885. The van der Waals surface area contributed by atoms with Gasteiger partial charge >= 0.3 is 0 Å². The monoisotopic (exact) mass is 252 g/mol. The number of hydrogen-bond donors (Lipinski definition) is 1. The molecule has 13 heavy (non-hydrogen) atoms. The summed E-state index contributed by atoms with van der Waals surface area (Å²) in [5, 5.41) is 9.33. The molecule has 0 aliphatic rings. The zero-order chi connectivity index (χ0) is 8.97.